The molecule has 0 aromatic heterocycles. The molecule has 0 unspecified atom stereocenters. The summed E-state index contributed by atoms with van der Waals surface area (Å²) < 4.78 is 5.41. The molecule has 0 fully saturated rings. The summed E-state index contributed by atoms with van der Waals surface area (Å²) in [5.41, 5.74) is 1.24. The highest BCUT2D eigenvalue weighted by Gasteiger charge is 1.96. The fourth-order valence-electron chi connectivity index (χ4n) is 2.13. The van der Waals surface area contributed by atoms with Crippen LogP contribution in [0, 0.1) is 12.3 Å². The summed E-state index contributed by atoms with van der Waals surface area (Å²) in [5, 5.41) is 3.48. The summed E-state index contributed by atoms with van der Waals surface area (Å²) in [4.78, 5) is 0. The fourth-order valence-corrected chi connectivity index (χ4v) is 2.13. The van der Waals surface area contributed by atoms with E-state index >= 15 is 0 Å². The lowest BCUT2D eigenvalue weighted by atomic mass is 10.1. The minimum Gasteiger partial charge on any atom is -0.481 e. The smallest absolute Gasteiger partial charge is 0.148 e. The van der Waals surface area contributed by atoms with Crippen molar-refractivity contribution in [1.29, 1.82) is 0 Å². The number of nitrogens with one attached hydrogen (secondary N) is 1. The van der Waals surface area contributed by atoms with E-state index in [9.17, 15) is 0 Å². The van der Waals surface area contributed by atoms with Crippen LogP contribution in [0.15, 0.2) is 24.3 Å². The van der Waals surface area contributed by atoms with E-state index in [1.165, 1.54) is 44.1 Å². The van der Waals surface area contributed by atoms with E-state index in [0.717, 1.165) is 18.8 Å². The third-order valence-electron chi connectivity index (χ3n) is 3.26. The monoisotopic (exact) mass is 309 g/mol. The van der Waals surface area contributed by atoms with Gasteiger partial charge in [0, 0.05) is 6.54 Å². The van der Waals surface area contributed by atoms with Crippen LogP contribution in [-0.4, -0.2) is 13.2 Å². The van der Waals surface area contributed by atoms with Gasteiger partial charge >= 0.3 is 0 Å². The molecule has 3 heteroatoms. The van der Waals surface area contributed by atoms with Crippen LogP contribution < -0.4 is 10.1 Å². The van der Waals surface area contributed by atoms with Gasteiger partial charge < -0.3 is 10.1 Å². The molecule has 0 saturated heterocycles. The largest absolute Gasteiger partial charge is 0.481 e. The highest BCUT2D eigenvalue weighted by molar-refractivity contribution is 5.85. The number of ether oxygens (including phenoxy) is 1. The van der Waals surface area contributed by atoms with Crippen LogP contribution in [0.2, 0.25) is 0 Å². The van der Waals surface area contributed by atoms with Crippen LogP contribution in [0.1, 0.15) is 51.0 Å². The van der Waals surface area contributed by atoms with E-state index in [2.05, 4.69) is 24.2 Å². The van der Waals surface area contributed by atoms with Crippen molar-refractivity contribution in [2.24, 2.45) is 0 Å². The van der Waals surface area contributed by atoms with Crippen LogP contribution in [0.5, 0.6) is 5.75 Å². The summed E-state index contributed by atoms with van der Waals surface area (Å²) in [6.07, 6.45) is 13.2. The van der Waals surface area contributed by atoms with Gasteiger partial charge in [-0.2, -0.15) is 0 Å². The molecule has 1 rings (SSSR count). The molecule has 0 bridgehead atoms. The topological polar surface area (TPSA) is 21.3 Å². The third-order valence-corrected chi connectivity index (χ3v) is 3.26. The minimum atomic E-state index is 0. The highest BCUT2D eigenvalue weighted by Crippen LogP contribution is 2.13. The van der Waals surface area contributed by atoms with Crippen molar-refractivity contribution in [1.82, 2.24) is 5.32 Å². The zero-order valence-corrected chi connectivity index (χ0v) is 13.9. The van der Waals surface area contributed by atoms with Crippen molar-refractivity contribution in [3.63, 3.8) is 0 Å². The zero-order chi connectivity index (χ0) is 14.5. The van der Waals surface area contributed by atoms with Gasteiger partial charge in [0.2, 0.25) is 0 Å². The summed E-state index contributed by atoms with van der Waals surface area (Å²) in [7, 11) is 0. The normalized spacial score (nSPS) is 9.71. The molecule has 118 valence electrons. The van der Waals surface area contributed by atoms with E-state index in [-0.39, 0.29) is 12.4 Å². The number of rotatable bonds is 11. The minimum absolute atomic E-state index is 0. The Bertz CT molecular complexity index is 400. The van der Waals surface area contributed by atoms with Crippen molar-refractivity contribution in [2.75, 3.05) is 13.2 Å². The van der Waals surface area contributed by atoms with Crippen LogP contribution >= 0.6 is 12.4 Å². The summed E-state index contributed by atoms with van der Waals surface area (Å²) in [5.74, 6) is 3.33. The summed E-state index contributed by atoms with van der Waals surface area (Å²) >= 11 is 0. The van der Waals surface area contributed by atoms with Gasteiger partial charge in [0.1, 0.15) is 12.4 Å². The van der Waals surface area contributed by atoms with E-state index in [1.807, 2.05) is 18.2 Å². The van der Waals surface area contributed by atoms with Crippen molar-refractivity contribution in [2.45, 2.75) is 52.0 Å². The molecule has 2 nitrogen and oxygen atoms in total. The second-order valence-electron chi connectivity index (χ2n) is 5.08. The van der Waals surface area contributed by atoms with Gasteiger partial charge in [-0.1, -0.05) is 57.1 Å². The third kappa shape index (κ3) is 10.2. The molecule has 0 spiro atoms. The summed E-state index contributed by atoms with van der Waals surface area (Å²) in [6, 6.07) is 8.10. The van der Waals surface area contributed by atoms with Gasteiger partial charge in [-0.05, 0) is 30.7 Å². The molecule has 1 N–H and O–H groups in total. The molecule has 1 aromatic rings. The Morgan fingerprint density at radius 3 is 2.67 bits per heavy atom. The maximum absolute atomic E-state index is 5.41. The number of terminal acetylenes is 1. The first-order valence-corrected chi connectivity index (χ1v) is 7.72. The Hall–Kier alpha value is -1.17. The van der Waals surface area contributed by atoms with Gasteiger partial charge in [-0.15, -0.1) is 18.8 Å². The van der Waals surface area contributed by atoms with Crippen LogP contribution in [0.4, 0.5) is 0 Å². The molecule has 21 heavy (non-hydrogen) atoms. The first kappa shape index (κ1) is 19.8. The number of benzene rings is 1. The number of halogens is 1. The average Bonchev–Trinajstić information content (AvgIpc) is 2.48. The second-order valence-corrected chi connectivity index (χ2v) is 5.08. The Balaban J connectivity index is 0.00000400. The maximum atomic E-state index is 5.41. The molecule has 0 aliphatic rings. The standard InChI is InChI=1S/C18H27NO.ClH/c1-3-5-6-7-8-9-13-19-16-17-11-10-12-18(15-17)20-14-4-2;/h2,10-12,15,19H,3,5-9,13-14,16H2,1H3;1H. The van der Waals surface area contributed by atoms with Gasteiger partial charge in [-0.3, -0.25) is 0 Å². The second kappa shape index (κ2) is 13.8. The number of hydrogen-bond acceptors (Lipinski definition) is 2. The molecule has 0 aliphatic heterocycles. The van der Waals surface area contributed by atoms with Gasteiger partial charge in [0.25, 0.3) is 0 Å². The van der Waals surface area contributed by atoms with E-state index in [1.54, 1.807) is 0 Å². The predicted molar refractivity (Wildman–Crippen MR) is 93.1 cm³/mol. The van der Waals surface area contributed by atoms with E-state index in [4.69, 9.17) is 11.2 Å². The van der Waals surface area contributed by atoms with E-state index < -0.39 is 0 Å². The molecule has 0 radical (unpaired) electrons. The molecule has 0 atom stereocenters. The van der Waals surface area contributed by atoms with Crippen LogP contribution in [-0.2, 0) is 6.54 Å². The van der Waals surface area contributed by atoms with Crippen LogP contribution in [0.3, 0.4) is 0 Å². The van der Waals surface area contributed by atoms with Gasteiger partial charge in [0.05, 0.1) is 0 Å². The SMILES string of the molecule is C#CCOc1cccc(CNCCCCCCCC)c1.Cl. The van der Waals surface area contributed by atoms with Crippen molar-refractivity contribution >= 4 is 12.4 Å². The highest BCUT2D eigenvalue weighted by atomic mass is 35.5. The van der Waals surface area contributed by atoms with Crippen molar-refractivity contribution < 1.29 is 4.74 Å². The molecular weight excluding hydrogens is 282 g/mol. The molecule has 0 aliphatic carbocycles. The molecule has 0 heterocycles. The zero-order valence-electron chi connectivity index (χ0n) is 13.1. The molecule has 1 aromatic carbocycles. The Morgan fingerprint density at radius 1 is 1.14 bits per heavy atom. The van der Waals surface area contributed by atoms with Crippen LogP contribution in [0.25, 0.3) is 0 Å². The lowest BCUT2D eigenvalue weighted by Gasteiger charge is -2.07. The lowest BCUT2D eigenvalue weighted by molar-refractivity contribution is 0.370. The molecule has 0 saturated carbocycles. The Morgan fingerprint density at radius 2 is 1.90 bits per heavy atom. The fraction of sp³-hybridized carbons (Fsp3) is 0.556. The predicted octanol–water partition coefficient (Wildman–Crippen LogP) is 4.57. The number of unbranched alkanes of at least 4 members (excludes halogenated alkanes) is 5. The average molecular weight is 310 g/mol. The van der Waals surface area contributed by atoms with E-state index in [0.29, 0.717) is 6.61 Å². The Labute approximate surface area is 136 Å². The van der Waals surface area contributed by atoms with Gasteiger partial charge in [-0.25, -0.2) is 0 Å². The lowest BCUT2D eigenvalue weighted by Crippen LogP contribution is -2.14. The molecular formula is C18H28ClNO. The number of hydrogen-bond donors (Lipinski definition) is 1. The van der Waals surface area contributed by atoms with Crippen molar-refractivity contribution in [3.8, 4) is 18.1 Å². The maximum Gasteiger partial charge on any atom is 0.148 e. The first-order chi connectivity index (χ1) is 9.86. The summed E-state index contributed by atoms with van der Waals surface area (Å²) in [6.45, 7) is 4.56. The first-order valence-electron chi connectivity index (χ1n) is 7.72. The van der Waals surface area contributed by atoms with Crippen molar-refractivity contribution in [3.05, 3.63) is 29.8 Å². The molecule has 0 amide bonds. The van der Waals surface area contributed by atoms with Gasteiger partial charge in [0.15, 0.2) is 0 Å². The Kier molecular flexibility index (Phi) is 13.0. The quantitative estimate of drug-likeness (QED) is 0.477.